The highest BCUT2D eigenvalue weighted by Crippen LogP contribution is 2.53. The van der Waals surface area contributed by atoms with Crippen LogP contribution < -0.4 is 4.90 Å². The lowest BCUT2D eigenvalue weighted by molar-refractivity contribution is 1.09. The van der Waals surface area contributed by atoms with Crippen molar-refractivity contribution in [1.29, 1.82) is 0 Å². The second-order valence-electron chi connectivity index (χ2n) is 11.0. The van der Waals surface area contributed by atoms with Crippen LogP contribution in [0.5, 0.6) is 0 Å². The van der Waals surface area contributed by atoms with Crippen LogP contribution >= 0.6 is 0 Å². The smallest absolute Gasteiger partial charge is 0.160 e. The molecule has 0 atom stereocenters. The summed E-state index contributed by atoms with van der Waals surface area (Å²) in [5.41, 5.74) is 11.5. The fourth-order valence-electron chi connectivity index (χ4n) is 6.62. The summed E-state index contributed by atoms with van der Waals surface area (Å²) in [5, 5.41) is 2.46. The van der Waals surface area contributed by atoms with Crippen LogP contribution in [0, 0.1) is 0 Å². The fourth-order valence-corrected chi connectivity index (χ4v) is 6.62. The van der Waals surface area contributed by atoms with E-state index in [9.17, 15) is 0 Å². The summed E-state index contributed by atoms with van der Waals surface area (Å²) in [4.78, 5) is 13.1. The predicted molar refractivity (Wildman–Crippen MR) is 181 cm³/mol. The monoisotopic (exact) mass is 562 g/mol. The van der Waals surface area contributed by atoms with E-state index in [2.05, 4.69) is 149 Å². The summed E-state index contributed by atoms with van der Waals surface area (Å²) in [7, 11) is 0. The lowest BCUT2D eigenvalue weighted by atomic mass is 10.00. The molecule has 0 radical (unpaired) electrons. The number of anilines is 3. The zero-order valence-corrected chi connectivity index (χ0v) is 23.8. The molecule has 0 N–H and O–H groups in total. The lowest BCUT2D eigenvalue weighted by Crippen LogP contribution is -2.20. The van der Waals surface area contributed by atoms with Crippen molar-refractivity contribution in [2.24, 2.45) is 0 Å². The maximum Gasteiger partial charge on any atom is 0.160 e. The highest BCUT2D eigenvalue weighted by molar-refractivity contribution is 6.17. The average molecular weight is 563 g/mol. The van der Waals surface area contributed by atoms with E-state index >= 15 is 0 Å². The fraction of sp³-hybridized carbons (Fsp3) is 0. The molecule has 4 nitrogen and oxygen atoms in total. The van der Waals surface area contributed by atoms with Crippen molar-refractivity contribution in [3.63, 3.8) is 0 Å². The van der Waals surface area contributed by atoms with E-state index in [1.54, 1.807) is 0 Å². The molecule has 0 spiro atoms. The van der Waals surface area contributed by atoms with Gasteiger partial charge in [0.2, 0.25) is 0 Å². The van der Waals surface area contributed by atoms with Gasteiger partial charge in [0.25, 0.3) is 0 Å². The van der Waals surface area contributed by atoms with Crippen LogP contribution in [0.1, 0.15) is 0 Å². The molecule has 0 saturated carbocycles. The Bertz CT molecular complexity index is 2260. The number of para-hydroxylation sites is 4. The molecule has 1 aliphatic rings. The molecule has 6 aromatic carbocycles. The van der Waals surface area contributed by atoms with E-state index in [1.165, 1.54) is 21.8 Å². The molecule has 2 aromatic heterocycles. The summed E-state index contributed by atoms with van der Waals surface area (Å²) in [6.07, 6.45) is 0. The van der Waals surface area contributed by atoms with Crippen LogP contribution in [0.25, 0.3) is 61.4 Å². The number of rotatable bonds is 4. The van der Waals surface area contributed by atoms with Crippen molar-refractivity contribution in [2.75, 3.05) is 4.90 Å². The lowest BCUT2D eigenvalue weighted by Gasteiger charge is -2.35. The molecule has 206 valence electrons. The van der Waals surface area contributed by atoms with Gasteiger partial charge >= 0.3 is 0 Å². The zero-order chi connectivity index (χ0) is 29.0. The summed E-state index contributed by atoms with van der Waals surface area (Å²) in [5.74, 6) is 0.699. The Morgan fingerprint density at radius 2 is 0.886 bits per heavy atom. The van der Waals surface area contributed by atoms with Gasteiger partial charge in [-0.25, -0.2) is 9.97 Å². The molecule has 0 saturated heterocycles. The molecule has 0 bridgehead atoms. The van der Waals surface area contributed by atoms with E-state index in [0.29, 0.717) is 5.82 Å². The average Bonchev–Trinajstić information content (AvgIpc) is 3.45. The minimum absolute atomic E-state index is 0.699. The third-order valence-electron chi connectivity index (χ3n) is 8.51. The predicted octanol–water partition coefficient (Wildman–Crippen LogP) is 10.4. The second kappa shape index (κ2) is 9.79. The maximum atomic E-state index is 5.35. The minimum atomic E-state index is 0.699. The van der Waals surface area contributed by atoms with Gasteiger partial charge in [0.15, 0.2) is 5.82 Å². The number of hydrogen-bond acceptors (Lipinski definition) is 3. The highest BCUT2D eigenvalue weighted by Gasteiger charge is 2.32. The van der Waals surface area contributed by atoms with Crippen molar-refractivity contribution in [1.82, 2.24) is 14.5 Å². The summed E-state index contributed by atoms with van der Waals surface area (Å²) < 4.78 is 2.41. The van der Waals surface area contributed by atoms with Gasteiger partial charge in [-0.05, 0) is 24.3 Å². The van der Waals surface area contributed by atoms with Gasteiger partial charge in [0, 0.05) is 27.5 Å². The molecule has 4 heteroatoms. The van der Waals surface area contributed by atoms with Crippen LogP contribution in [0.2, 0.25) is 0 Å². The SMILES string of the molecule is c1ccc(-c2nc(-c3ccccc3)c(N3c4ccccc4-n4c5ccccc5c5cccc3c54)c(-c3ccccc3)n2)cc1. The van der Waals surface area contributed by atoms with Crippen LogP contribution in [-0.4, -0.2) is 14.5 Å². The molecular weight excluding hydrogens is 536 g/mol. The van der Waals surface area contributed by atoms with Gasteiger partial charge < -0.3 is 9.47 Å². The first-order valence-electron chi connectivity index (χ1n) is 14.9. The van der Waals surface area contributed by atoms with E-state index in [-0.39, 0.29) is 0 Å². The van der Waals surface area contributed by atoms with Crippen molar-refractivity contribution < 1.29 is 0 Å². The van der Waals surface area contributed by atoms with E-state index in [1.807, 2.05) is 18.2 Å². The van der Waals surface area contributed by atoms with Gasteiger partial charge in [-0.3, -0.25) is 0 Å². The van der Waals surface area contributed by atoms with E-state index in [4.69, 9.17) is 9.97 Å². The number of fused-ring (bicyclic) bond motifs is 5. The number of hydrogen-bond donors (Lipinski definition) is 0. The zero-order valence-electron chi connectivity index (χ0n) is 23.8. The van der Waals surface area contributed by atoms with Gasteiger partial charge in [-0.1, -0.05) is 133 Å². The Kier molecular flexibility index (Phi) is 5.47. The third-order valence-corrected chi connectivity index (χ3v) is 8.51. The van der Waals surface area contributed by atoms with Crippen molar-refractivity contribution in [2.45, 2.75) is 0 Å². The van der Waals surface area contributed by atoms with Gasteiger partial charge in [-0.2, -0.15) is 0 Å². The largest absolute Gasteiger partial charge is 0.305 e. The molecule has 0 amide bonds. The summed E-state index contributed by atoms with van der Waals surface area (Å²) >= 11 is 0. The first-order chi connectivity index (χ1) is 21.9. The first-order valence-corrected chi connectivity index (χ1v) is 14.9. The summed E-state index contributed by atoms with van der Waals surface area (Å²) in [6, 6.07) is 55.2. The van der Waals surface area contributed by atoms with Gasteiger partial charge in [0.1, 0.15) is 0 Å². The first kappa shape index (κ1) is 24.6. The van der Waals surface area contributed by atoms with Crippen LogP contribution in [0.3, 0.4) is 0 Å². The van der Waals surface area contributed by atoms with E-state index < -0.39 is 0 Å². The highest BCUT2D eigenvalue weighted by atomic mass is 15.2. The van der Waals surface area contributed by atoms with Gasteiger partial charge in [0.05, 0.1) is 45.2 Å². The van der Waals surface area contributed by atoms with Crippen LogP contribution in [-0.2, 0) is 0 Å². The van der Waals surface area contributed by atoms with Crippen LogP contribution in [0.4, 0.5) is 17.1 Å². The van der Waals surface area contributed by atoms with Crippen LogP contribution in [0.15, 0.2) is 158 Å². The topological polar surface area (TPSA) is 34.0 Å². The molecule has 0 unspecified atom stereocenters. The van der Waals surface area contributed by atoms with Gasteiger partial charge in [-0.15, -0.1) is 0 Å². The second-order valence-corrected chi connectivity index (χ2v) is 11.0. The molecule has 1 aliphatic heterocycles. The van der Waals surface area contributed by atoms with E-state index in [0.717, 1.165) is 50.8 Å². The van der Waals surface area contributed by atoms with Crippen molar-refractivity contribution in [3.8, 4) is 39.6 Å². The molecule has 3 heterocycles. The number of benzene rings is 6. The molecule has 0 fully saturated rings. The Balaban J connectivity index is 1.46. The Hall–Kier alpha value is -6.00. The summed E-state index contributed by atoms with van der Waals surface area (Å²) in [6.45, 7) is 0. The Morgan fingerprint density at radius 3 is 1.55 bits per heavy atom. The molecule has 0 aliphatic carbocycles. The quantitative estimate of drug-likeness (QED) is 0.214. The minimum Gasteiger partial charge on any atom is -0.305 e. The normalized spacial score (nSPS) is 12.0. The standard InChI is InChI=1S/C40H26N4/c1-4-15-27(16-5-1)36-39(37(28-17-6-2-7-18-28)42-40(41-36)29-19-8-3-9-20-29)44-34-25-13-12-24-33(34)43-32-23-11-10-21-30(32)31-22-14-26-35(44)38(31)43/h1-26H. The number of nitrogens with zero attached hydrogens (tertiary/aromatic N) is 4. The van der Waals surface area contributed by atoms with Crippen molar-refractivity contribution in [3.05, 3.63) is 158 Å². The Labute approximate surface area is 255 Å². The number of aromatic nitrogens is 3. The maximum absolute atomic E-state index is 5.35. The molecule has 9 rings (SSSR count). The third kappa shape index (κ3) is 3.64. The molecule has 8 aromatic rings. The van der Waals surface area contributed by atoms with Crippen molar-refractivity contribution >= 4 is 38.9 Å². The molecule has 44 heavy (non-hydrogen) atoms. The Morgan fingerprint density at radius 1 is 0.386 bits per heavy atom. The molecular formula is C40H26N4.